The summed E-state index contributed by atoms with van der Waals surface area (Å²) < 4.78 is 5.36. The highest BCUT2D eigenvalue weighted by molar-refractivity contribution is 5.92. The van der Waals surface area contributed by atoms with E-state index in [-0.39, 0.29) is 5.91 Å². The first kappa shape index (κ1) is 11.9. The molecule has 92 valence electrons. The predicted octanol–water partition coefficient (Wildman–Crippen LogP) is 0.526. The van der Waals surface area contributed by atoms with Crippen LogP contribution in [-0.2, 0) is 0 Å². The SMILES string of the molecule is CCOc1ccnc(C(=O)N2CCNCC2)c1. The number of carbonyl (C=O) groups is 1. The molecule has 1 aromatic heterocycles. The number of nitrogens with zero attached hydrogens (tertiary/aromatic N) is 2. The molecule has 1 aromatic rings. The maximum atomic E-state index is 12.1. The molecule has 5 heteroatoms. The van der Waals surface area contributed by atoms with E-state index in [0.717, 1.165) is 26.2 Å². The van der Waals surface area contributed by atoms with Crippen LogP contribution < -0.4 is 10.1 Å². The number of aromatic nitrogens is 1. The number of nitrogens with one attached hydrogen (secondary N) is 1. The average Bonchev–Trinajstić information content (AvgIpc) is 2.40. The molecule has 17 heavy (non-hydrogen) atoms. The van der Waals surface area contributed by atoms with Gasteiger partial charge in [0, 0.05) is 38.4 Å². The van der Waals surface area contributed by atoms with Crippen LogP contribution in [0.1, 0.15) is 17.4 Å². The largest absolute Gasteiger partial charge is 0.494 e. The molecule has 2 rings (SSSR count). The van der Waals surface area contributed by atoms with Crippen molar-refractivity contribution in [3.63, 3.8) is 0 Å². The summed E-state index contributed by atoms with van der Waals surface area (Å²) >= 11 is 0. The van der Waals surface area contributed by atoms with Crippen LogP contribution in [0, 0.1) is 0 Å². The van der Waals surface area contributed by atoms with E-state index in [1.54, 1.807) is 18.3 Å². The van der Waals surface area contributed by atoms with Crippen LogP contribution in [0.4, 0.5) is 0 Å². The van der Waals surface area contributed by atoms with Gasteiger partial charge in [0.15, 0.2) is 0 Å². The first-order valence-electron chi connectivity index (χ1n) is 5.90. The monoisotopic (exact) mass is 235 g/mol. The van der Waals surface area contributed by atoms with E-state index in [0.29, 0.717) is 18.1 Å². The van der Waals surface area contributed by atoms with Crippen molar-refractivity contribution in [1.82, 2.24) is 15.2 Å². The van der Waals surface area contributed by atoms with Gasteiger partial charge in [0.2, 0.25) is 0 Å². The Morgan fingerprint density at radius 1 is 1.53 bits per heavy atom. The second-order valence-corrected chi connectivity index (χ2v) is 3.85. The Bertz CT molecular complexity index is 389. The minimum absolute atomic E-state index is 0.0203. The van der Waals surface area contributed by atoms with Crippen LogP contribution in [0.3, 0.4) is 0 Å². The number of hydrogen-bond acceptors (Lipinski definition) is 4. The molecule has 1 N–H and O–H groups in total. The molecule has 5 nitrogen and oxygen atoms in total. The zero-order valence-corrected chi connectivity index (χ0v) is 9.98. The number of carbonyl (C=O) groups excluding carboxylic acids is 1. The fraction of sp³-hybridized carbons (Fsp3) is 0.500. The van der Waals surface area contributed by atoms with E-state index in [4.69, 9.17) is 4.74 Å². The standard InChI is InChI=1S/C12H17N3O2/c1-2-17-10-3-4-14-11(9-10)12(16)15-7-5-13-6-8-15/h3-4,9,13H,2,5-8H2,1H3. The number of pyridine rings is 1. The van der Waals surface area contributed by atoms with Crippen molar-refractivity contribution in [2.75, 3.05) is 32.8 Å². The molecule has 1 aliphatic heterocycles. The summed E-state index contributed by atoms with van der Waals surface area (Å²) in [4.78, 5) is 18.1. The van der Waals surface area contributed by atoms with Gasteiger partial charge in [0.25, 0.3) is 5.91 Å². The van der Waals surface area contributed by atoms with E-state index in [9.17, 15) is 4.79 Å². The molecule has 2 heterocycles. The lowest BCUT2D eigenvalue weighted by Crippen LogP contribution is -2.46. The van der Waals surface area contributed by atoms with Gasteiger partial charge in [-0.05, 0) is 13.0 Å². The number of amides is 1. The van der Waals surface area contributed by atoms with Crippen molar-refractivity contribution in [2.24, 2.45) is 0 Å². The summed E-state index contributed by atoms with van der Waals surface area (Å²) in [6.45, 7) is 5.66. The molecular weight excluding hydrogens is 218 g/mol. The fourth-order valence-corrected chi connectivity index (χ4v) is 1.81. The Labute approximate surface area is 101 Å². The third-order valence-corrected chi connectivity index (χ3v) is 2.67. The van der Waals surface area contributed by atoms with E-state index < -0.39 is 0 Å². The number of ether oxygens (including phenoxy) is 1. The lowest BCUT2D eigenvalue weighted by molar-refractivity contribution is 0.0729. The maximum Gasteiger partial charge on any atom is 0.272 e. The third-order valence-electron chi connectivity index (χ3n) is 2.67. The maximum absolute atomic E-state index is 12.1. The van der Waals surface area contributed by atoms with E-state index >= 15 is 0 Å². The van der Waals surface area contributed by atoms with Crippen LogP contribution in [0.15, 0.2) is 18.3 Å². The molecule has 1 aliphatic rings. The van der Waals surface area contributed by atoms with Gasteiger partial charge >= 0.3 is 0 Å². The summed E-state index contributed by atoms with van der Waals surface area (Å²) in [6, 6.07) is 3.46. The van der Waals surface area contributed by atoms with Crippen molar-refractivity contribution in [2.45, 2.75) is 6.92 Å². The highest BCUT2D eigenvalue weighted by Crippen LogP contribution is 2.12. The Morgan fingerprint density at radius 2 is 2.29 bits per heavy atom. The topological polar surface area (TPSA) is 54.5 Å². The minimum Gasteiger partial charge on any atom is -0.494 e. The lowest BCUT2D eigenvalue weighted by Gasteiger charge is -2.27. The second kappa shape index (κ2) is 5.63. The van der Waals surface area contributed by atoms with Crippen LogP contribution in [0.2, 0.25) is 0 Å². The molecule has 0 unspecified atom stereocenters. The Kier molecular flexibility index (Phi) is 3.93. The van der Waals surface area contributed by atoms with Gasteiger partial charge in [-0.3, -0.25) is 9.78 Å². The van der Waals surface area contributed by atoms with Crippen molar-refractivity contribution < 1.29 is 9.53 Å². The van der Waals surface area contributed by atoms with Gasteiger partial charge in [0.1, 0.15) is 11.4 Å². The van der Waals surface area contributed by atoms with Gasteiger partial charge in [-0.25, -0.2) is 0 Å². The second-order valence-electron chi connectivity index (χ2n) is 3.85. The molecule has 0 saturated carbocycles. The summed E-state index contributed by atoms with van der Waals surface area (Å²) in [7, 11) is 0. The van der Waals surface area contributed by atoms with Gasteiger partial charge in [-0.2, -0.15) is 0 Å². The summed E-state index contributed by atoms with van der Waals surface area (Å²) in [5.41, 5.74) is 0.456. The zero-order chi connectivity index (χ0) is 12.1. The Balaban J connectivity index is 2.09. The molecule has 0 radical (unpaired) electrons. The third kappa shape index (κ3) is 2.94. The molecule has 0 aromatic carbocycles. The molecule has 0 bridgehead atoms. The number of hydrogen-bond donors (Lipinski definition) is 1. The van der Waals surface area contributed by atoms with E-state index in [1.165, 1.54) is 0 Å². The first-order valence-corrected chi connectivity index (χ1v) is 5.90. The molecule has 0 atom stereocenters. The van der Waals surface area contributed by atoms with Crippen molar-refractivity contribution in [1.29, 1.82) is 0 Å². The fourth-order valence-electron chi connectivity index (χ4n) is 1.81. The van der Waals surface area contributed by atoms with Crippen LogP contribution in [0.5, 0.6) is 5.75 Å². The smallest absolute Gasteiger partial charge is 0.272 e. The zero-order valence-electron chi connectivity index (χ0n) is 9.98. The number of rotatable bonds is 3. The normalized spacial score (nSPS) is 15.7. The summed E-state index contributed by atoms with van der Waals surface area (Å²) in [5, 5.41) is 3.21. The van der Waals surface area contributed by atoms with Gasteiger partial charge < -0.3 is 15.0 Å². The van der Waals surface area contributed by atoms with Crippen molar-refractivity contribution >= 4 is 5.91 Å². The lowest BCUT2D eigenvalue weighted by atomic mass is 10.2. The Hall–Kier alpha value is -1.62. The van der Waals surface area contributed by atoms with Crippen LogP contribution in [-0.4, -0.2) is 48.6 Å². The van der Waals surface area contributed by atoms with E-state index in [1.807, 2.05) is 11.8 Å². The van der Waals surface area contributed by atoms with Gasteiger partial charge in [0.05, 0.1) is 6.61 Å². The van der Waals surface area contributed by atoms with Crippen molar-refractivity contribution in [3.05, 3.63) is 24.0 Å². The van der Waals surface area contributed by atoms with Crippen LogP contribution in [0.25, 0.3) is 0 Å². The molecule has 0 spiro atoms. The summed E-state index contributed by atoms with van der Waals surface area (Å²) in [5.74, 6) is 0.675. The highest BCUT2D eigenvalue weighted by atomic mass is 16.5. The van der Waals surface area contributed by atoms with E-state index in [2.05, 4.69) is 10.3 Å². The van der Waals surface area contributed by atoms with Crippen LogP contribution >= 0.6 is 0 Å². The van der Waals surface area contributed by atoms with Gasteiger partial charge in [-0.15, -0.1) is 0 Å². The molecular formula is C12H17N3O2. The quantitative estimate of drug-likeness (QED) is 0.830. The minimum atomic E-state index is -0.0203. The molecule has 1 saturated heterocycles. The number of piperazine rings is 1. The van der Waals surface area contributed by atoms with Gasteiger partial charge in [-0.1, -0.05) is 0 Å². The first-order chi connectivity index (χ1) is 8.31. The van der Waals surface area contributed by atoms with Crippen molar-refractivity contribution in [3.8, 4) is 5.75 Å². The molecule has 1 amide bonds. The summed E-state index contributed by atoms with van der Waals surface area (Å²) in [6.07, 6.45) is 1.61. The molecule has 1 fully saturated rings. The highest BCUT2D eigenvalue weighted by Gasteiger charge is 2.19. The average molecular weight is 235 g/mol. The molecule has 0 aliphatic carbocycles. The Morgan fingerprint density at radius 3 is 3.00 bits per heavy atom. The predicted molar refractivity (Wildman–Crippen MR) is 64.2 cm³/mol.